The van der Waals surface area contributed by atoms with Crippen LogP contribution in [0.25, 0.3) is 0 Å². The molecule has 0 aliphatic carbocycles. The van der Waals surface area contributed by atoms with Gasteiger partial charge in [-0.15, -0.1) is 10.2 Å². The predicted molar refractivity (Wildman–Crippen MR) is 53.1 cm³/mol. The Morgan fingerprint density at radius 1 is 1.13 bits per heavy atom. The van der Waals surface area contributed by atoms with Crippen LogP contribution in [0.2, 0.25) is 0 Å². The number of tetrazole rings is 1. The van der Waals surface area contributed by atoms with Crippen molar-refractivity contribution in [3.8, 4) is 0 Å². The Hall–Kier alpha value is -1.05. The van der Waals surface area contributed by atoms with Gasteiger partial charge in [0.05, 0.1) is 13.2 Å². The number of aliphatic hydroxyl groups excluding tert-OH is 2. The van der Waals surface area contributed by atoms with E-state index >= 15 is 0 Å². The van der Waals surface area contributed by atoms with E-state index in [-0.39, 0.29) is 13.2 Å². The Bertz CT molecular complexity index is 235. The second kappa shape index (κ2) is 7.27. The summed E-state index contributed by atoms with van der Waals surface area (Å²) < 4.78 is 0. The first kappa shape index (κ1) is 12.0. The highest BCUT2D eigenvalue weighted by Crippen LogP contribution is 1.96. The highest BCUT2D eigenvalue weighted by atomic mass is 16.3. The summed E-state index contributed by atoms with van der Waals surface area (Å²) in [6.45, 7) is 2.22. The molecule has 1 aromatic heterocycles. The molecule has 0 aliphatic heterocycles. The fraction of sp³-hybridized carbons (Fsp3) is 0.875. The van der Waals surface area contributed by atoms with Crippen LogP contribution in [0.3, 0.4) is 0 Å². The largest absolute Gasteiger partial charge is 0.395 e. The second-order valence-electron chi connectivity index (χ2n) is 3.22. The van der Waals surface area contributed by atoms with Gasteiger partial charge in [0, 0.05) is 19.5 Å². The van der Waals surface area contributed by atoms with E-state index in [2.05, 4.69) is 20.6 Å². The lowest BCUT2D eigenvalue weighted by molar-refractivity contribution is 0.160. The van der Waals surface area contributed by atoms with Crippen LogP contribution >= 0.6 is 0 Å². The van der Waals surface area contributed by atoms with E-state index in [4.69, 9.17) is 10.2 Å². The minimum absolute atomic E-state index is 0.113. The molecule has 7 heteroatoms. The summed E-state index contributed by atoms with van der Waals surface area (Å²) in [6.07, 6.45) is 1.64. The van der Waals surface area contributed by atoms with Crippen LogP contribution in [0, 0.1) is 0 Å². The zero-order valence-corrected chi connectivity index (χ0v) is 8.63. The molecular formula is C8H17N5O2. The molecule has 1 rings (SSSR count). The summed E-state index contributed by atoms with van der Waals surface area (Å²) in [6, 6.07) is 0. The van der Waals surface area contributed by atoms with Gasteiger partial charge in [0.25, 0.3) is 0 Å². The van der Waals surface area contributed by atoms with E-state index in [1.165, 1.54) is 0 Å². The van der Waals surface area contributed by atoms with Crippen molar-refractivity contribution in [1.82, 2.24) is 25.5 Å². The molecule has 0 amide bonds. The molecule has 15 heavy (non-hydrogen) atoms. The van der Waals surface area contributed by atoms with Crippen LogP contribution in [-0.4, -0.2) is 68.6 Å². The molecule has 1 heterocycles. The van der Waals surface area contributed by atoms with E-state index in [9.17, 15) is 0 Å². The second-order valence-corrected chi connectivity index (χ2v) is 3.22. The quantitative estimate of drug-likeness (QED) is 0.484. The maximum absolute atomic E-state index is 8.78. The maximum Gasteiger partial charge on any atom is 0.174 e. The number of H-pyrrole nitrogens is 1. The number of rotatable bonds is 8. The lowest BCUT2D eigenvalue weighted by atomic mass is 10.3. The predicted octanol–water partition coefficient (Wildman–Crippen LogP) is -1.58. The van der Waals surface area contributed by atoms with Crippen LogP contribution in [0.1, 0.15) is 12.2 Å². The number of nitrogens with zero attached hydrogens (tertiary/aromatic N) is 4. The lowest BCUT2D eigenvalue weighted by Crippen LogP contribution is -2.31. The summed E-state index contributed by atoms with van der Waals surface area (Å²) in [5.74, 6) is 0.697. The molecule has 1 aromatic rings. The Morgan fingerprint density at radius 2 is 1.87 bits per heavy atom. The molecule has 0 saturated carbocycles. The van der Waals surface area contributed by atoms with Crippen LogP contribution in [0.5, 0.6) is 0 Å². The van der Waals surface area contributed by atoms with E-state index in [1.54, 1.807) is 0 Å². The number of hydrogen-bond donors (Lipinski definition) is 3. The summed E-state index contributed by atoms with van der Waals surface area (Å²) in [7, 11) is 0. The van der Waals surface area contributed by atoms with Crippen LogP contribution < -0.4 is 0 Å². The topological polar surface area (TPSA) is 98.2 Å². The lowest BCUT2D eigenvalue weighted by Gasteiger charge is -2.19. The molecule has 0 unspecified atom stereocenters. The molecule has 86 valence electrons. The summed E-state index contributed by atoms with van der Waals surface area (Å²) in [4.78, 5) is 2.00. The Kier molecular flexibility index (Phi) is 5.83. The van der Waals surface area contributed by atoms with Crippen molar-refractivity contribution in [3.05, 3.63) is 5.82 Å². The van der Waals surface area contributed by atoms with Crippen molar-refractivity contribution >= 4 is 0 Å². The molecule has 0 atom stereocenters. The van der Waals surface area contributed by atoms with Gasteiger partial charge < -0.3 is 10.2 Å². The van der Waals surface area contributed by atoms with E-state index in [0.29, 0.717) is 18.9 Å². The third-order valence-electron chi connectivity index (χ3n) is 2.10. The van der Waals surface area contributed by atoms with Gasteiger partial charge in [-0.2, -0.15) is 5.21 Å². The maximum atomic E-state index is 8.78. The van der Waals surface area contributed by atoms with Crippen molar-refractivity contribution in [2.45, 2.75) is 12.8 Å². The van der Waals surface area contributed by atoms with E-state index in [1.807, 2.05) is 4.90 Å². The fourth-order valence-electron chi connectivity index (χ4n) is 1.37. The monoisotopic (exact) mass is 215 g/mol. The third-order valence-corrected chi connectivity index (χ3v) is 2.10. The smallest absolute Gasteiger partial charge is 0.174 e. The van der Waals surface area contributed by atoms with Gasteiger partial charge in [0.2, 0.25) is 0 Å². The Balaban J connectivity index is 2.15. The van der Waals surface area contributed by atoms with Crippen molar-refractivity contribution in [3.63, 3.8) is 0 Å². The third kappa shape index (κ3) is 4.82. The fourth-order valence-corrected chi connectivity index (χ4v) is 1.37. The highest BCUT2D eigenvalue weighted by Gasteiger charge is 2.04. The summed E-state index contributed by atoms with van der Waals surface area (Å²) in [5.41, 5.74) is 0. The molecule has 0 aliphatic rings. The average Bonchev–Trinajstić information content (AvgIpc) is 2.71. The van der Waals surface area contributed by atoms with Crippen molar-refractivity contribution in [2.24, 2.45) is 0 Å². The SMILES string of the molecule is OCCN(CCO)CCCc1nn[nH]n1. The zero-order valence-electron chi connectivity index (χ0n) is 8.63. The highest BCUT2D eigenvalue weighted by molar-refractivity contribution is 4.76. The minimum atomic E-state index is 0.113. The number of hydrogen-bond acceptors (Lipinski definition) is 6. The van der Waals surface area contributed by atoms with Crippen molar-refractivity contribution in [1.29, 1.82) is 0 Å². The van der Waals surface area contributed by atoms with E-state index in [0.717, 1.165) is 19.4 Å². The van der Waals surface area contributed by atoms with Gasteiger partial charge in [-0.25, -0.2) is 0 Å². The average molecular weight is 215 g/mol. The molecule has 3 N–H and O–H groups in total. The molecular weight excluding hydrogens is 198 g/mol. The van der Waals surface area contributed by atoms with Crippen LogP contribution in [0.4, 0.5) is 0 Å². The number of aromatic amines is 1. The van der Waals surface area contributed by atoms with Gasteiger partial charge in [-0.3, -0.25) is 4.90 Å². The molecule has 0 saturated heterocycles. The zero-order chi connectivity index (χ0) is 10.9. The van der Waals surface area contributed by atoms with Gasteiger partial charge in [-0.1, -0.05) is 5.21 Å². The standard InChI is InChI=1S/C8H17N5O2/c14-6-4-13(5-7-15)3-1-2-8-9-11-12-10-8/h14-15H,1-7H2,(H,9,10,11,12). The molecule has 0 fully saturated rings. The van der Waals surface area contributed by atoms with Gasteiger partial charge in [0.15, 0.2) is 5.82 Å². The first-order valence-electron chi connectivity index (χ1n) is 5.03. The number of nitrogens with one attached hydrogen (secondary N) is 1. The molecule has 0 radical (unpaired) electrons. The first-order valence-corrected chi connectivity index (χ1v) is 5.03. The van der Waals surface area contributed by atoms with Crippen molar-refractivity contribution in [2.75, 3.05) is 32.8 Å². The summed E-state index contributed by atoms with van der Waals surface area (Å²) >= 11 is 0. The van der Waals surface area contributed by atoms with Crippen LogP contribution in [0.15, 0.2) is 0 Å². The Labute approximate surface area is 88.1 Å². The van der Waals surface area contributed by atoms with Crippen molar-refractivity contribution < 1.29 is 10.2 Å². The first-order chi connectivity index (χ1) is 7.36. The number of aliphatic hydroxyl groups is 2. The molecule has 0 spiro atoms. The number of aryl methyl sites for hydroxylation is 1. The Morgan fingerprint density at radius 3 is 2.40 bits per heavy atom. The molecule has 0 aromatic carbocycles. The number of aromatic nitrogens is 4. The molecule has 0 bridgehead atoms. The van der Waals surface area contributed by atoms with Gasteiger partial charge >= 0.3 is 0 Å². The van der Waals surface area contributed by atoms with Gasteiger partial charge in [-0.05, 0) is 13.0 Å². The normalized spacial score (nSPS) is 11.1. The summed E-state index contributed by atoms with van der Waals surface area (Å²) in [5, 5.41) is 31.1. The van der Waals surface area contributed by atoms with E-state index < -0.39 is 0 Å². The van der Waals surface area contributed by atoms with Crippen LogP contribution in [-0.2, 0) is 6.42 Å². The van der Waals surface area contributed by atoms with Gasteiger partial charge in [0.1, 0.15) is 0 Å². The molecule has 7 nitrogen and oxygen atoms in total. The minimum Gasteiger partial charge on any atom is -0.395 e.